The van der Waals surface area contributed by atoms with Gasteiger partial charge in [-0.25, -0.2) is 0 Å². The topological polar surface area (TPSA) is 49.3 Å². The molecule has 110 valence electrons. The van der Waals surface area contributed by atoms with Crippen molar-refractivity contribution < 1.29 is 9.90 Å². The normalized spacial score (nSPS) is 17.7. The fraction of sp³-hybridized carbons (Fsp3) is 0.562. The summed E-state index contributed by atoms with van der Waals surface area (Å²) in [4.78, 5) is 12.2. The number of aryl methyl sites for hydroxylation is 1. The first-order valence-corrected chi connectivity index (χ1v) is 7.74. The molecule has 4 heteroatoms. The molecular formula is C16H22ClNO2. The van der Waals surface area contributed by atoms with Crippen LogP contribution in [-0.2, 0) is 0 Å². The van der Waals surface area contributed by atoms with Crippen LogP contribution in [0.15, 0.2) is 18.2 Å². The standard InChI is InChI=1S/C16H22ClNO2/c1-12-6-5-7-13(14(12)19)15(20)18-11-16(10-17)8-3-2-4-9-16/h5-7,19H,2-4,8-11H2,1H3,(H,18,20). The lowest BCUT2D eigenvalue weighted by Crippen LogP contribution is -2.40. The van der Waals surface area contributed by atoms with E-state index in [0.29, 0.717) is 23.6 Å². The Morgan fingerprint density at radius 2 is 2.05 bits per heavy atom. The van der Waals surface area contributed by atoms with Crippen molar-refractivity contribution in [3.8, 4) is 5.75 Å². The number of amides is 1. The molecule has 20 heavy (non-hydrogen) atoms. The van der Waals surface area contributed by atoms with E-state index in [1.54, 1.807) is 25.1 Å². The molecule has 1 saturated carbocycles. The third-order valence-electron chi connectivity index (χ3n) is 4.30. The van der Waals surface area contributed by atoms with Gasteiger partial charge < -0.3 is 10.4 Å². The monoisotopic (exact) mass is 295 g/mol. The number of benzene rings is 1. The van der Waals surface area contributed by atoms with Crippen LogP contribution < -0.4 is 5.32 Å². The largest absolute Gasteiger partial charge is 0.507 e. The third-order valence-corrected chi connectivity index (χ3v) is 4.87. The highest BCUT2D eigenvalue weighted by Gasteiger charge is 2.31. The molecule has 1 amide bonds. The number of hydrogen-bond acceptors (Lipinski definition) is 2. The highest BCUT2D eigenvalue weighted by molar-refractivity contribution is 6.18. The molecule has 0 aromatic heterocycles. The zero-order valence-corrected chi connectivity index (χ0v) is 12.7. The number of rotatable bonds is 4. The summed E-state index contributed by atoms with van der Waals surface area (Å²) in [5.74, 6) is 0.419. The number of phenolic OH excluding ortho intramolecular Hbond substituents is 1. The van der Waals surface area contributed by atoms with Gasteiger partial charge in [-0.3, -0.25) is 4.79 Å². The second-order valence-corrected chi connectivity index (χ2v) is 6.12. The van der Waals surface area contributed by atoms with Crippen LogP contribution in [0, 0.1) is 12.3 Å². The van der Waals surface area contributed by atoms with Crippen LogP contribution in [-0.4, -0.2) is 23.4 Å². The summed E-state index contributed by atoms with van der Waals surface area (Å²) in [5.41, 5.74) is 1.07. The third kappa shape index (κ3) is 3.26. The number of halogens is 1. The Morgan fingerprint density at radius 1 is 1.35 bits per heavy atom. The van der Waals surface area contributed by atoms with Gasteiger partial charge in [0, 0.05) is 17.8 Å². The van der Waals surface area contributed by atoms with Gasteiger partial charge in [0.1, 0.15) is 5.75 Å². The quantitative estimate of drug-likeness (QED) is 0.834. The van der Waals surface area contributed by atoms with Gasteiger partial charge in [0.2, 0.25) is 0 Å². The lowest BCUT2D eigenvalue weighted by atomic mass is 9.75. The van der Waals surface area contributed by atoms with Gasteiger partial charge >= 0.3 is 0 Å². The Morgan fingerprint density at radius 3 is 2.70 bits per heavy atom. The van der Waals surface area contributed by atoms with Crippen LogP contribution in [0.4, 0.5) is 0 Å². The van der Waals surface area contributed by atoms with E-state index in [2.05, 4.69) is 5.32 Å². The van der Waals surface area contributed by atoms with Gasteiger partial charge in [0.25, 0.3) is 5.91 Å². The van der Waals surface area contributed by atoms with E-state index in [1.807, 2.05) is 0 Å². The molecule has 0 aliphatic heterocycles. The van der Waals surface area contributed by atoms with Crippen molar-refractivity contribution in [2.75, 3.05) is 12.4 Å². The number of para-hydroxylation sites is 1. The summed E-state index contributed by atoms with van der Waals surface area (Å²) >= 11 is 6.12. The molecule has 1 aromatic rings. The molecule has 1 fully saturated rings. The molecule has 0 saturated heterocycles. The molecular weight excluding hydrogens is 274 g/mol. The van der Waals surface area contributed by atoms with Gasteiger partial charge in [-0.2, -0.15) is 0 Å². The van der Waals surface area contributed by atoms with Gasteiger partial charge in [0.15, 0.2) is 0 Å². The van der Waals surface area contributed by atoms with Crippen LogP contribution in [0.1, 0.15) is 48.0 Å². The maximum Gasteiger partial charge on any atom is 0.255 e. The minimum absolute atomic E-state index is 0.0227. The Labute approximate surface area is 125 Å². The van der Waals surface area contributed by atoms with Crippen LogP contribution in [0.2, 0.25) is 0 Å². The van der Waals surface area contributed by atoms with E-state index in [1.165, 1.54) is 19.3 Å². The van der Waals surface area contributed by atoms with Crippen molar-refractivity contribution in [1.29, 1.82) is 0 Å². The first kappa shape index (κ1) is 15.2. The highest BCUT2D eigenvalue weighted by atomic mass is 35.5. The summed E-state index contributed by atoms with van der Waals surface area (Å²) < 4.78 is 0. The molecule has 1 aliphatic rings. The second-order valence-electron chi connectivity index (χ2n) is 5.85. The molecule has 0 radical (unpaired) electrons. The van der Waals surface area contributed by atoms with Crippen LogP contribution in [0.5, 0.6) is 5.75 Å². The average molecular weight is 296 g/mol. The van der Waals surface area contributed by atoms with Gasteiger partial charge in [-0.1, -0.05) is 31.4 Å². The SMILES string of the molecule is Cc1cccc(C(=O)NCC2(CCl)CCCCC2)c1O. The molecule has 0 bridgehead atoms. The van der Waals surface area contributed by atoms with E-state index in [4.69, 9.17) is 11.6 Å². The minimum atomic E-state index is -0.221. The molecule has 0 heterocycles. The number of nitrogens with one attached hydrogen (secondary N) is 1. The number of alkyl halides is 1. The van der Waals surface area contributed by atoms with E-state index < -0.39 is 0 Å². The van der Waals surface area contributed by atoms with Crippen molar-refractivity contribution in [2.24, 2.45) is 5.41 Å². The van der Waals surface area contributed by atoms with Crippen molar-refractivity contribution in [3.05, 3.63) is 29.3 Å². The number of phenols is 1. The number of aromatic hydroxyl groups is 1. The predicted molar refractivity (Wildman–Crippen MR) is 81.4 cm³/mol. The Kier molecular flexibility index (Phi) is 4.92. The summed E-state index contributed by atoms with van der Waals surface area (Å²) in [7, 11) is 0. The first-order valence-electron chi connectivity index (χ1n) is 7.21. The fourth-order valence-corrected chi connectivity index (χ4v) is 3.23. The lowest BCUT2D eigenvalue weighted by Gasteiger charge is -2.35. The molecule has 0 spiro atoms. The number of hydrogen-bond donors (Lipinski definition) is 2. The van der Waals surface area contributed by atoms with E-state index in [9.17, 15) is 9.90 Å². The van der Waals surface area contributed by atoms with E-state index >= 15 is 0 Å². The fourth-order valence-electron chi connectivity index (χ4n) is 2.86. The summed E-state index contributed by atoms with van der Waals surface area (Å²) in [5, 5.41) is 12.9. The van der Waals surface area contributed by atoms with Crippen LogP contribution in [0.3, 0.4) is 0 Å². The van der Waals surface area contributed by atoms with Gasteiger partial charge in [-0.05, 0) is 31.4 Å². The van der Waals surface area contributed by atoms with E-state index in [-0.39, 0.29) is 17.1 Å². The number of carbonyl (C=O) groups is 1. The number of carbonyl (C=O) groups excluding carboxylic acids is 1. The zero-order valence-electron chi connectivity index (χ0n) is 11.9. The smallest absolute Gasteiger partial charge is 0.255 e. The first-order chi connectivity index (χ1) is 9.58. The molecule has 2 rings (SSSR count). The molecule has 1 aromatic carbocycles. The Hall–Kier alpha value is -1.22. The van der Waals surface area contributed by atoms with Gasteiger partial charge in [-0.15, -0.1) is 11.6 Å². The summed E-state index contributed by atoms with van der Waals surface area (Å²) in [6.45, 7) is 2.37. The van der Waals surface area contributed by atoms with Crippen molar-refractivity contribution in [1.82, 2.24) is 5.32 Å². The molecule has 0 atom stereocenters. The van der Waals surface area contributed by atoms with Crippen LogP contribution in [0.25, 0.3) is 0 Å². The molecule has 3 nitrogen and oxygen atoms in total. The molecule has 0 unspecified atom stereocenters. The highest BCUT2D eigenvalue weighted by Crippen LogP contribution is 2.36. The maximum atomic E-state index is 12.2. The predicted octanol–water partition coefficient (Wildman–Crippen LogP) is 3.62. The maximum absolute atomic E-state index is 12.2. The van der Waals surface area contributed by atoms with Crippen molar-refractivity contribution in [3.63, 3.8) is 0 Å². The zero-order chi connectivity index (χ0) is 14.6. The molecule has 2 N–H and O–H groups in total. The van der Waals surface area contributed by atoms with E-state index in [0.717, 1.165) is 12.8 Å². The lowest BCUT2D eigenvalue weighted by molar-refractivity contribution is 0.0918. The Balaban J connectivity index is 2.02. The van der Waals surface area contributed by atoms with Crippen LogP contribution >= 0.6 is 11.6 Å². The van der Waals surface area contributed by atoms with Gasteiger partial charge in [0.05, 0.1) is 5.56 Å². The molecule has 1 aliphatic carbocycles. The summed E-state index contributed by atoms with van der Waals surface area (Å²) in [6.07, 6.45) is 5.75. The average Bonchev–Trinajstić information content (AvgIpc) is 2.48. The minimum Gasteiger partial charge on any atom is -0.507 e. The Bertz CT molecular complexity index is 481. The van der Waals surface area contributed by atoms with Crippen molar-refractivity contribution >= 4 is 17.5 Å². The second kappa shape index (κ2) is 6.49. The summed E-state index contributed by atoms with van der Waals surface area (Å²) in [6, 6.07) is 5.21. The van der Waals surface area contributed by atoms with Crippen molar-refractivity contribution in [2.45, 2.75) is 39.0 Å².